The van der Waals surface area contributed by atoms with Gasteiger partial charge in [0.15, 0.2) is 11.5 Å². The maximum Gasteiger partial charge on any atom is 0.310 e. The van der Waals surface area contributed by atoms with Gasteiger partial charge in [-0.1, -0.05) is 12.1 Å². The van der Waals surface area contributed by atoms with Gasteiger partial charge in [0, 0.05) is 6.07 Å². The van der Waals surface area contributed by atoms with Crippen molar-refractivity contribution in [2.75, 3.05) is 0 Å². The Morgan fingerprint density at radius 1 is 1.19 bits per heavy atom. The molecule has 6 heteroatoms. The lowest BCUT2D eigenvalue weighted by Gasteiger charge is -2.00. The second-order valence-corrected chi connectivity index (χ2v) is 4.44. The lowest BCUT2D eigenvalue weighted by atomic mass is 10.1. The van der Waals surface area contributed by atoms with E-state index in [4.69, 9.17) is 4.74 Å². The molecule has 1 heterocycles. The van der Waals surface area contributed by atoms with Gasteiger partial charge in [0.1, 0.15) is 5.75 Å². The number of ether oxygens (including phenoxy) is 1. The second-order valence-electron chi connectivity index (χ2n) is 4.44. The number of nitro benzene ring substituents is 1. The number of nitro groups is 1. The van der Waals surface area contributed by atoms with E-state index in [1.54, 1.807) is 24.3 Å². The van der Waals surface area contributed by atoms with E-state index in [0.29, 0.717) is 16.9 Å². The van der Waals surface area contributed by atoms with Crippen LogP contribution in [-0.4, -0.2) is 15.8 Å². The predicted octanol–water partition coefficient (Wildman–Crippen LogP) is 2.92. The molecule has 0 aromatic heterocycles. The summed E-state index contributed by atoms with van der Waals surface area (Å²) < 4.78 is 5.44. The zero-order valence-electron chi connectivity index (χ0n) is 10.6. The second kappa shape index (κ2) is 4.75. The number of phenolic OH excluding ortho intramolecular Hbond substituents is 1. The van der Waals surface area contributed by atoms with Crippen LogP contribution in [-0.2, 0) is 0 Å². The molecule has 6 nitrogen and oxygen atoms in total. The molecular weight excluding hydrogens is 274 g/mol. The van der Waals surface area contributed by atoms with Crippen molar-refractivity contribution in [1.82, 2.24) is 0 Å². The van der Waals surface area contributed by atoms with Crippen LogP contribution in [0, 0.1) is 10.1 Å². The molecule has 0 saturated heterocycles. The maximum absolute atomic E-state index is 12.1. The largest absolute Gasteiger partial charge is 0.502 e. The van der Waals surface area contributed by atoms with Crippen molar-refractivity contribution in [2.45, 2.75) is 0 Å². The van der Waals surface area contributed by atoms with Gasteiger partial charge in [-0.25, -0.2) is 0 Å². The number of carbonyl (C=O) groups is 1. The van der Waals surface area contributed by atoms with Gasteiger partial charge < -0.3 is 9.84 Å². The van der Waals surface area contributed by atoms with Gasteiger partial charge in [0.2, 0.25) is 5.78 Å². The number of carbonyl (C=O) groups excluding carboxylic acids is 1. The van der Waals surface area contributed by atoms with E-state index < -0.39 is 10.7 Å². The molecule has 0 unspecified atom stereocenters. The summed E-state index contributed by atoms with van der Waals surface area (Å²) in [5.74, 6) is -0.134. The Morgan fingerprint density at radius 2 is 1.95 bits per heavy atom. The first-order valence-electron chi connectivity index (χ1n) is 6.07. The van der Waals surface area contributed by atoms with Gasteiger partial charge in [-0.2, -0.15) is 0 Å². The number of fused-ring (bicyclic) bond motifs is 1. The zero-order chi connectivity index (χ0) is 15.0. The number of rotatable bonds is 2. The highest BCUT2D eigenvalue weighted by Crippen LogP contribution is 2.32. The number of ketones is 1. The number of nitrogens with zero attached hydrogens (tertiary/aromatic N) is 1. The molecule has 0 saturated carbocycles. The molecule has 0 radical (unpaired) electrons. The number of allylic oxidation sites excluding steroid dienone is 1. The molecular formula is C15H9NO5. The van der Waals surface area contributed by atoms with Gasteiger partial charge >= 0.3 is 5.69 Å². The standard InChI is InChI=1S/C15H9NO5/c17-12-7-9(5-6-11(12)16(19)20)8-14-15(18)10-3-1-2-4-13(10)21-14/h1-8,17H. The first-order valence-corrected chi connectivity index (χ1v) is 6.07. The number of aromatic hydroxyl groups is 1. The normalized spacial score (nSPS) is 14.9. The minimum atomic E-state index is -0.681. The lowest BCUT2D eigenvalue weighted by Crippen LogP contribution is -1.98. The van der Waals surface area contributed by atoms with Crippen LogP contribution in [0.15, 0.2) is 48.2 Å². The van der Waals surface area contributed by atoms with Crippen molar-refractivity contribution in [2.24, 2.45) is 0 Å². The van der Waals surface area contributed by atoms with E-state index in [2.05, 4.69) is 0 Å². The molecule has 3 rings (SSSR count). The first-order chi connectivity index (χ1) is 10.1. The van der Waals surface area contributed by atoms with E-state index in [9.17, 15) is 20.0 Å². The molecule has 0 bridgehead atoms. The van der Waals surface area contributed by atoms with Crippen LogP contribution < -0.4 is 4.74 Å². The Hall–Kier alpha value is -3.15. The summed E-state index contributed by atoms with van der Waals surface area (Å²) in [7, 11) is 0. The Kier molecular flexibility index (Phi) is 2.91. The third-order valence-electron chi connectivity index (χ3n) is 3.07. The van der Waals surface area contributed by atoms with Crippen molar-refractivity contribution in [3.05, 3.63) is 69.5 Å². The van der Waals surface area contributed by atoms with Gasteiger partial charge in [0.25, 0.3) is 0 Å². The summed E-state index contributed by atoms with van der Waals surface area (Å²) in [5.41, 5.74) is 0.517. The van der Waals surface area contributed by atoms with Crippen molar-refractivity contribution < 1.29 is 19.6 Å². The molecule has 0 atom stereocenters. The highest BCUT2D eigenvalue weighted by Gasteiger charge is 2.26. The molecule has 0 aliphatic carbocycles. The Morgan fingerprint density at radius 3 is 2.62 bits per heavy atom. The minimum Gasteiger partial charge on any atom is -0.502 e. The smallest absolute Gasteiger partial charge is 0.310 e. The molecule has 104 valence electrons. The summed E-state index contributed by atoms with van der Waals surface area (Å²) in [5, 5.41) is 20.2. The Balaban J connectivity index is 1.96. The molecule has 21 heavy (non-hydrogen) atoms. The molecule has 2 aromatic carbocycles. The van der Waals surface area contributed by atoms with E-state index in [1.807, 2.05) is 0 Å². The molecule has 2 aromatic rings. The first kappa shape index (κ1) is 12.9. The fourth-order valence-corrected chi connectivity index (χ4v) is 2.07. The van der Waals surface area contributed by atoms with Crippen LogP contribution >= 0.6 is 0 Å². The van der Waals surface area contributed by atoms with Crippen LogP contribution in [0.3, 0.4) is 0 Å². The summed E-state index contributed by atoms with van der Waals surface area (Å²) in [4.78, 5) is 22.0. The lowest BCUT2D eigenvalue weighted by molar-refractivity contribution is -0.385. The van der Waals surface area contributed by atoms with Crippen LogP contribution in [0.2, 0.25) is 0 Å². The fourth-order valence-electron chi connectivity index (χ4n) is 2.07. The van der Waals surface area contributed by atoms with Gasteiger partial charge in [-0.15, -0.1) is 0 Å². The van der Waals surface area contributed by atoms with Crippen molar-refractivity contribution in [3.8, 4) is 11.5 Å². The maximum atomic E-state index is 12.1. The van der Waals surface area contributed by atoms with Gasteiger partial charge in [-0.05, 0) is 35.9 Å². The average Bonchev–Trinajstić information content (AvgIpc) is 2.76. The van der Waals surface area contributed by atoms with Crippen LogP contribution in [0.25, 0.3) is 6.08 Å². The van der Waals surface area contributed by atoms with Crippen molar-refractivity contribution >= 4 is 17.5 Å². The van der Waals surface area contributed by atoms with Crippen molar-refractivity contribution in [1.29, 1.82) is 0 Å². The monoisotopic (exact) mass is 283 g/mol. The third-order valence-corrected chi connectivity index (χ3v) is 3.07. The average molecular weight is 283 g/mol. The topological polar surface area (TPSA) is 89.7 Å². The Labute approximate surface area is 119 Å². The number of para-hydroxylation sites is 1. The van der Waals surface area contributed by atoms with Crippen LogP contribution in [0.5, 0.6) is 11.5 Å². The highest BCUT2D eigenvalue weighted by molar-refractivity contribution is 6.14. The quantitative estimate of drug-likeness (QED) is 0.520. The zero-order valence-corrected chi connectivity index (χ0v) is 10.6. The van der Waals surface area contributed by atoms with E-state index in [1.165, 1.54) is 24.3 Å². The molecule has 0 spiro atoms. The van der Waals surface area contributed by atoms with Crippen molar-refractivity contribution in [3.63, 3.8) is 0 Å². The number of benzene rings is 2. The minimum absolute atomic E-state index is 0.115. The molecule has 0 amide bonds. The molecule has 1 aliphatic rings. The van der Waals surface area contributed by atoms with E-state index in [0.717, 1.165) is 0 Å². The summed E-state index contributed by atoms with van der Waals surface area (Å²) in [6.45, 7) is 0. The summed E-state index contributed by atoms with van der Waals surface area (Å²) in [6.07, 6.45) is 1.44. The number of hydrogen-bond acceptors (Lipinski definition) is 5. The molecule has 0 fully saturated rings. The van der Waals surface area contributed by atoms with E-state index in [-0.39, 0.29) is 17.2 Å². The van der Waals surface area contributed by atoms with Crippen LogP contribution in [0.4, 0.5) is 5.69 Å². The predicted molar refractivity (Wildman–Crippen MR) is 74.1 cm³/mol. The SMILES string of the molecule is O=C1C(=Cc2ccc([N+](=O)[O-])c(O)c2)Oc2ccccc21. The number of Topliss-reactive ketones (excluding diaryl/α,β-unsaturated/α-hetero) is 1. The number of phenols is 1. The highest BCUT2D eigenvalue weighted by atomic mass is 16.6. The summed E-state index contributed by atoms with van der Waals surface area (Å²) in [6, 6.07) is 10.7. The molecule has 1 N–H and O–H groups in total. The summed E-state index contributed by atoms with van der Waals surface area (Å²) >= 11 is 0. The molecule has 1 aliphatic heterocycles. The van der Waals surface area contributed by atoms with Gasteiger partial charge in [0.05, 0.1) is 10.5 Å². The van der Waals surface area contributed by atoms with E-state index >= 15 is 0 Å². The number of hydrogen-bond donors (Lipinski definition) is 1. The Bertz CT molecular complexity index is 794. The fraction of sp³-hybridized carbons (Fsp3) is 0. The third kappa shape index (κ3) is 2.23. The van der Waals surface area contributed by atoms with Crippen LogP contribution in [0.1, 0.15) is 15.9 Å². The van der Waals surface area contributed by atoms with Gasteiger partial charge in [-0.3, -0.25) is 14.9 Å².